The Morgan fingerprint density at radius 1 is 1.11 bits per heavy atom. The van der Waals surface area contributed by atoms with E-state index in [0.29, 0.717) is 47.7 Å². The van der Waals surface area contributed by atoms with Crippen LogP contribution in [-0.4, -0.2) is 30.6 Å². The zero-order valence-electron chi connectivity index (χ0n) is 15.5. The molecule has 0 fully saturated rings. The van der Waals surface area contributed by atoms with Crippen molar-refractivity contribution in [3.05, 3.63) is 80.7 Å². The normalized spacial score (nSPS) is 16.0. The Morgan fingerprint density at radius 3 is 2.61 bits per heavy atom. The molecule has 6 heteroatoms. The van der Waals surface area contributed by atoms with Crippen LogP contribution in [0.4, 0.5) is 0 Å². The van der Waals surface area contributed by atoms with Crippen LogP contribution in [0, 0.1) is 0 Å². The van der Waals surface area contributed by atoms with Crippen LogP contribution >= 0.6 is 11.6 Å². The van der Waals surface area contributed by atoms with Crippen LogP contribution in [-0.2, 0) is 4.74 Å². The number of fused-ring (bicyclic) bond motifs is 2. The second-order valence-electron chi connectivity index (χ2n) is 6.67. The third kappa shape index (κ3) is 3.21. The Balaban J connectivity index is 1.84. The van der Waals surface area contributed by atoms with Crippen molar-refractivity contribution in [2.24, 2.45) is 0 Å². The number of hydrogen-bond acceptors (Lipinski definition) is 4. The summed E-state index contributed by atoms with van der Waals surface area (Å²) in [5, 5.41) is 1.07. The number of carbonyl (C=O) groups is 1. The lowest BCUT2D eigenvalue weighted by Gasteiger charge is -2.25. The minimum atomic E-state index is -0.498. The highest BCUT2D eigenvalue weighted by Crippen LogP contribution is 2.38. The molecule has 0 saturated carbocycles. The number of hydrogen-bond donors (Lipinski definition) is 0. The highest BCUT2D eigenvalue weighted by Gasteiger charge is 2.42. The SMILES string of the molecule is CCOCCCN1C(=O)c2oc3ccccc3c(=O)c2[C@H]1c1ccc(Cl)cc1. The van der Waals surface area contributed by atoms with Crippen LogP contribution in [0.1, 0.15) is 41.1 Å². The molecule has 144 valence electrons. The molecule has 0 radical (unpaired) electrons. The number of amides is 1. The maximum absolute atomic E-state index is 13.2. The van der Waals surface area contributed by atoms with Crippen LogP contribution in [0.3, 0.4) is 0 Å². The maximum Gasteiger partial charge on any atom is 0.290 e. The van der Waals surface area contributed by atoms with Gasteiger partial charge in [0.05, 0.1) is 17.0 Å². The van der Waals surface area contributed by atoms with E-state index < -0.39 is 6.04 Å². The van der Waals surface area contributed by atoms with E-state index in [1.165, 1.54) is 0 Å². The van der Waals surface area contributed by atoms with Gasteiger partial charge in [0.25, 0.3) is 5.91 Å². The molecule has 3 aromatic rings. The Bertz CT molecular complexity index is 1070. The standard InChI is InChI=1S/C22H20ClNO4/c1-2-27-13-5-12-24-19(14-8-10-15(23)11-9-14)18-20(25)16-6-3-4-7-17(16)28-21(18)22(24)26/h3-4,6-11,19H,2,5,12-13H2,1H3/t19-/m1/s1. The summed E-state index contributed by atoms with van der Waals surface area (Å²) in [5.74, 6) is -0.144. The van der Waals surface area contributed by atoms with Crippen molar-refractivity contribution in [2.45, 2.75) is 19.4 Å². The zero-order valence-corrected chi connectivity index (χ0v) is 16.2. The molecule has 2 heterocycles. The van der Waals surface area contributed by atoms with Gasteiger partial charge in [0.1, 0.15) is 5.58 Å². The van der Waals surface area contributed by atoms with Crippen molar-refractivity contribution in [3.63, 3.8) is 0 Å². The molecule has 0 saturated heterocycles. The summed E-state index contributed by atoms with van der Waals surface area (Å²) in [6, 6.07) is 13.7. The minimum Gasteiger partial charge on any atom is -0.450 e. The molecule has 5 nitrogen and oxygen atoms in total. The van der Waals surface area contributed by atoms with E-state index in [0.717, 1.165) is 5.56 Å². The summed E-state index contributed by atoms with van der Waals surface area (Å²) < 4.78 is 11.3. The van der Waals surface area contributed by atoms with E-state index >= 15 is 0 Å². The number of nitrogens with zero attached hydrogens (tertiary/aromatic N) is 1. The van der Waals surface area contributed by atoms with Crippen LogP contribution in [0.25, 0.3) is 11.0 Å². The van der Waals surface area contributed by atoms with Crippen molar-refractivity contribution in [3.8, 4) is 0 Å². The topological polar surface area (TPSA) is 59.8 Å². The first-order chi connectivity index (χ1) is 13.6. The van der Waals surface area contributed by atoms with Crippen LogP contribution in [0.5, 0.6) is 0 Å². The lowest BCUT2D eigenvalue weighted by Crippen LogP contribution is -2.31. The van der Waals surface area contributed by atoms with Gasteiger partial charge in [-0.25, -0.2) is 0 Å². The average Bonchev–Trinajstić information content (AvgIpc) is 2.98. The predicted octanol–water partition coefficient (Wildman–Crippen LogP) is 4.42. The fourth-order valence-electron chi connectivity index (χ4n) is 3.67. The fourth-order valence-corrected chi connectivity index (χ4v) is 3.80. The Labute approximate surface area is 167 Å². The Hall–Kier alpha value is -2.63. The molecular weight excluding hydrogens is 378 g/mol. The smallest absolute Gasteiger partial charge is 0.290 e. The molecular formula is C22H20ClNO4. The first-order valence-corrected chi connectivity index (χ1v) is 9.69. The zero-order chi connectivity index (χ0) is 19.7. The molecule has 1 atom stereocenters. The van der Waals surface area contributed by atoms with Crippen LogP contribution in [0.2, 0.25) is 5.02 Å². The average molecular weight is 398 g/mol. The summed E-state index contributed by atoms with van der Waals surface area (Å²) in [6.45, 7) is 3.57. The molecule has 0 spiro atoms. The Morgan fingerprint density at radius 2 is 1.86 bits per heavy atom. The van der Waals surface area contributed by atoms with Gasteiger partial charge in [-0.2, -0.15) is 0 Å². The number of ether oxygens (including phenoxy) is 1. The summed E-state index contributed by atoms with van der Waals surface area (Å²) in [5.41, 5.74) is 1.47. The summed E-state index contributed by atoms with van der Waals surface area (Å²) in [6.07, 6.45) is 0.672. The molecule has 0 unspecified atom stereocenters. The third-order valence-corrected chi connectivity index (χ3v) is 5.20. The lowest BCUT2D eigenvalue weighted by atomic mass is 9.98. The third-order valence-electron chi connectivity index (χ3n) is 4.95. The van der Waals surface area contributed by atoms with Crippen molar-refractivity contribution >= 4 is 28.5 Å². The van der Waals surface area contributed by atoms with Gasteiger partial charge in [-0.1, -0.05) is 35.9 Å². The molecule has 0 N–H and O–H groups in total. The number of benzene rings is 2. The van der Waals surface area contributed by atoms with E-state index in [-0.39, 0.29) is 17.1 Å². The molecule has 4 rings (SSSR count). The summed E-state index contributed by atoms with van der Waals surface area (Å²) in [4.78, 5) is 28.1. The van der Waals surface area contributed by atoms with Crippen molar-refractivity contribution in [2.75, 3.05) is 19.8 Å². The number of halogens is 1. The highest BCUT2D eigenvalue weighted by molar-refractivity contribution is 6.30. The fraction of sp³-hybridized carbons (Fsp3) is 0.273. The summed E-state index contributed by atoms with van der Waals surface area (Å²) in [7, 11) is 0. The molecule has 0 aliphatic carbocycles. The van der Waals surface area contributed by atoms with Gasteiger partial charge in [-0.05, 0) is 43.2 Å². The van der Waals surface area contributed by atoms with Crippen molar-refractivity contribution in [1.29, 1.82) is 0 Å². The van der Waals surface area contributed by atoms with Gasteiger partial charge < -0.3 is 14.1 Å². The first-order valence-electron chi connectivity index (χ1n) is 9.31. The maximum atomic E-state index is 13.2. The molecule has 1 amide bonds. The number of carbonyl (C=O) groups excluding carboxylic acids is 1. The van der Waals surface area contributed by atoms with Crippen LogP contribution in [0.15, 0.2) is 57.7 Å². The monoisotopic (exact) mass is 397 g/mol. The van der Waals surface area contributed by atoms with E-state index in [1.807, 2.05) is 19.1 Å². The molecule has 1 aliphatic heterocycles. The second-order valence-corrected chi connectivity index (χ2v) is 7.11. The van der Waals surface area contributed by atoms with E-state index in [4.69, 9.17) is 20.8 Å². The molecule has 1 aromatic heterocycles. The summed E-state index contributed by atoms with van der Waals surface area (Å²) >= 11 is 6.03. The molecule has 1 aliphatic rings. The van der Waals surface area contributed by atoms with E-state index in [2.05, 4.69) is 0 Å². The predicted molar refractivity (Wildman–Crippen MR) is 108 cm³/mol. The van der Waals surface area contributed by atoms with Gasteiger partial charge in [-0.3, -0.25) is 9.59 Å². The van der Waals surface area contributed by atoms with Crippen molar-refractivity contribution in [1.82, 2.24) is 4.90 Å². The van der Waals surface area contributed by atoms with Gasteiger partial charge in [0.15, 0.2) is 5.43 Å². The molecule has 2 aromatic carbocycles. The van der Waals surface area contributed by atoms with Crippen LogP contribution < -0.4 is 5.43 Å². The van der Waals surface area contributed by atoms with Gasteiger partial charge >= 0.3 is 0 Å². The van der Waals surface area contributed by atoms with Gasteiger partial charge in [-0.15, -0.1) is 0 Å². The number of para-hydroxylation sites is 1. The van der Waals surface area contributed by atoms with Gasteiger partial charge in [0, 0.05) is 24.8 Å². The van der Waals surface area contributed by atoms with Crippen molar-refractivity contribution < 1.29 is 13.9 Å². The first kappa shape index (κ1) is 18.7. The van der Waals surface area contributed by atoms with E-state index in [1.54, 1.807) is 41.3 Å². The van der Waals surface area contributed by atoms with Gasteiger partial charge in [0.2, 0.25) is 5.76 Å². The largest absolute Gasteiger partial charge is 0.450 e. The molecule has 28 heavy (non-hydrogen) atoms. The quantitative estimate of drug-likeness (QED) is 0.578. The Kier molecular flexibility index (Phi) is 5.20. The highest BCUT2D eigenvalue weighted by atomic mass is 35.5. The lowest BCUT2D eigenvalue weighted by molar-refractivity contribution is 0.0696. The second kappa shape index (κ2) is 7.78. The number of rotatable bonds is 6. The minimum absolute atomic E-state index is 0.125. The molecule has 0 bridgehead atoms. The van der Waals surface area contributed by atoms with E-state index in [9.17, 15) is 9.59 Å².